The van der Waals surface area contributed by atoms with Crippen molar-refractivity contribution in [2.45, 2.75) is 39.7 Å². The molecule has 3 rings (SSSR count). The van der Waals surface area contributed by atoms with Gasteiger partial charge in [0.15, 0.2) is 5.69 Å². The Labute approximate surface area is 163 Å². The van der Waals surface area contributed by atoms with Crippen molar-refractivity contribution in [1.82, 2.24) is 14.9 Å². The smallest absolute Gasteiger partial charge is 0.274 e. The molecule has 3 heterocycles. The maximum Gasteiger partial charge on any atom is 0.274 e. The fourth-order valence-corrected chi connectivity index (χ4v) is 4.12. The van der Waals surface area contributed by atoms with Crippen LogP contribution in [0.3, 0.4) is 0 Å². The monoisotopic (exact) mass is 383 g/mol. The molecule has 1 aliphatic rings. The Hall–Kier alpha value is -2.54. The lowest BCUT2D eigenvalue weighted by molar-refractivity contribution is 0.0789. The summed E-state index contributed by atoms with van der Waals surface area (Å²) in [5.74, 6) is 0.436. The van der Waals surface area contributed by atoms with Crippen LogP contribution in [0, 0.1) is 6.92 Å². The van der Waals surface area contributed by atoms with Gasteiger partial charge in [-0.1, -0.05) is 12.7 Å². The first-order chi connectivity index (χ1) is 13.0. The molecule has 1 atom stereocenters. The van der Waals surface area contributed by atoms with E-state index in [-0.39, 0.29) is 11.9 Å². The van der Waals surface area contributed by atoms with E-state index < -0.39 is 0 Å². The van der Waals surface area contributed by atoms with Gasteiger partial charge in [-0.25, -0.2) is 9.97 Å². The summed E-state index contributed by atoms with van der Waals surface area (Å²) >= 11 is 1.53. The summed E-state index contributed by atoms with van der Waals surface area (Å²) in [7, 11) is 0. The third-order valence-corrected chi connectivity index (χ3v) is 5.64. The summed E-state index contributed by atoms with van der Waals surface area (Å²) < 4.78 is 0.857. The molecule has 0 radical (unpaired) electrons. The highest BCUT2D eigenvalue weighted by Crippen LogP contribution is 2.29. The summed E-state index contributed by atoms with van der Waals surface area (Å²) in [6.07, 6.45) is 7.40. The topological polar surface area (TPSA) is 70.5 Å². The molecule has 1 amide bonds. The number of hydrogen-bond acceptors (Lipinski definition) is 6. The number of thiophene rings is 1. The molecule has 2 aromatic rings. The average Bonchev–Trinajstić information content (AvgIpc) is 3.31. The van der Waals surface area contributed by atoms with E-state index >= 15 is 0 Å². The van der Waals surface area contributed by atoms with Crippen LogP contribution in [-0.2, 0) is 0 Å². The van der Waals surface area contributed by atoms with Gasteiger partial charge in [0.05, 0.1) is 22.0 Å². The van der Waals surface area contributed by atoms with Gasteiger partial charge in [-0.3, -0.25) is 9.79 Å². The van der Waals surface area contributed by atoms with Gasteiger partial charge in [0.2, 0.25) is 5.95 Å². The van der Waals surface area contributed by atoms with E-state index in [2.05, 4.69) is 26.9 Å². The zero-order chi connectivity index (χ0) is 19.4. The van der Waals surface area contributed by atoms with E-state index in [9.17, 15) is 4.79 Å². The Morgan fingerprint density at radius 3 is 2.81 bits per heavy atom. The highest BCUT2D eigenvalue weighted by molar-refractivity contribution is 7.17. The number of hydrogen-bond donors (Lipinski definition) is 1. The molecule has 1 aliphatic heterocycles. The van der Waals surface area contributed by atoms with Gasteiger partial charge in [0.1, 0.15) is 0 Å². The van der Waals surface area contributed by atoms with Gasteiger partial charge >= 0.3 is 0 Å². The second kappa shape index (κ2) is 8.43. The van der Waals surface area contributed by atoms with E-state index in [1.807, 2.05) is 37.1 Å². The lowest BCUT2D eigenvalue weighted by Gasteiger charge is -2.18. The number of nitrogens with zero attached hydrogens (tertiary/aromatic N) is 4. The van der Waals surface area contributed by atoms with Crippen LogP contribution < -0.4 is 5.32 Å². The zero-order valence-corrected chi connectivity index (χ0v) is 16.8. The maximum atomic E-state index is 13.0. The van der Waals surface area contributed by atoms with Crippen molar-refractivity contribution in [3.05, 3.63) is 41.1 Å². The second-order valence-corrected chi connectivity index (χ2v) is 7.45. The Kier molecular flexibility index (Phi) is 6.01. The Morgan fingerprint density at radius 2 is 2.15 bits per heavy atom. The molecular formula is C20H25N5OS. The quantitative estimate of drug-likeness (QED) is 0.600. The number of anilines is 1. The molecule has 0 spiro atoms. The normalized spacial score (nSPS) is 16.3. The predicted molar refractivity (Wildman–Crippen MR) is 113 cm³/mol. The molecule has 1 unspecified atom stereocenters. The zero-order valence-electron chi connectivity index (χ0n) is 16.0. The van der Waals surface area contributed by atoms with Crippen molar-refractivity contribution in [1.29, 1.82) is 0 Å². The molecule has 7 heteroatoms. The van der Waals surface area contributed by atoms with Gasteiger partial charge in [-0.2, -0.15) is 0 Å². The number of rotatable bonds is 6. The number of likely N-dealkylation sites (tertiary alicyclic amines) is 1. The van der Waals surface area contributed by atoms with Gasteiger partial charge < -0.3 is 10.2 Å². The van der Waals surface area contributed by atoms with Crippen LogP contribution in [0.5, 0.6) is 0 Å². The molecular weight excluding hydrogens is 358 g/mol. The van der Waals surface area contributed by atoms with Crippen LogP contribution in [0.2, 0.25) is 0 Å². The third-order valence-electron chi connectivity index (χ3n) is 4.54. The van der Waals surface area contributed by atoms with Crippen LogP contribution in [0.15, 0.2) is 34.8 Å². The number of aryl methyl sites for hydroxylation is 1. The fourth-order valence-electron chi connectivity index (χ4n) is 3.15. The Morgan fingerprint density at radius 1 is 1.41 bits per heavy atom. The van der Waals surface area contributed by atoms with Crippen LogP contribution in [0.1, 0.15) is 42.7 Å². The molecule has 2 aromatic heterocycles. The van der Waals surface area contributed by atoms with Crippen LogP contribution in [0.25, 0.3) is 10.2 Å². The molecule has 1 saturated heterocycles. The van der Waals surface area contributed by atoms with Gasteiger partial charge in [-0.15, -0.1) is 11.3 Å². The number of fused-ring (bicyclic) bond motifs is 1. The summed E-state index contributed by atoms with van der Waals surface area (Å²) in [6, 6.07) is -0.120. The standard InChI is InChI=1S/C20H25N5OS/c1-5-9-15(21-6-2)14(4)22-20-23-16-13(3)12-27-18(16)17(24-20)19(26)25-10-7-8-11-25/h5-6,9,12,14H,1,7-8,10-11H2,2-4H3,(H,22,23,24)/b15-9-,21-6?. The summed E-state index contributed by atoms with van der Waals surface area (Å²) in [6.45, 7) is 11.2. The molecule has 1 fully saturated rings. The van der Waals surface area contributed by atoms with Crippen LogP contribution in [-0.4, -0.2) is 46.1 Å². The molecule has 0 bridgehead atoms. The van der Waals surface area contributed by atoms with E-state index in [4.69, 9.17) is 0 Å². The third kappa shape index (κ3) is 4.08. The lowest BCUT2D eigenvalue weighted by Crippen LogP contribution is -2.29. The molecule has 0 aromatic carbocycles. The average molecular weight is 384 g/mol. The molecule has 6 nitrogen and oxygen atoms in total. The first-order valence-corrected chi connectivity index (χ1v) is 10.1. The van der Waals surface area contributed by atoms with E-state index in [0.717, 1.165) is 47.4 Å². The van der Waals surface area contributed by atoms with Crippen LogP contribution >= 0.6 is 11.3 Å². The number of carbonyl (C=O) groups excluding carboxylic acids is 1. The minimum Gasteiger partial charge on any atom is -0.346 e. The summed E-state index contributed by atoms with van der Waals surface area (Å²) in [5, 5.41) is 5.31. The fraction of sp³-hybridized carbons (Fsp3) is 0.400. The minimum atomic E-state index is -0.120. The number of carbonyl (C=O) groups is 1. The first-order valence-electron chi connectivity index (χ1n) is 9.18. The number of amides is 1. The first kappa shape index (κ1) is 19.2. The van der Waals surface area contributed by atoms with E-state index in [1.54, 1.807) is 12.3 Å². The van der Waals surface area contributed by atoms with Gasteiger partial charge in [-0.05, 0) is 50.6 Å². The van der Waals surface area contributed by atoms with Crippen molar-refractivity contribution < 1.29 is 4.79 Å². The maximum absolute atomic E-state index is 13.0. The Bertz CT molecular complexity index is 908. The molecule has 142 valence electrons. The van der Waals surface area contributed by atoms with E-state index in [0.29, 0.717) is 11.6 Å². The number of aromatic nitrogens is 2. The van der Waals surface area contributed by atoms with Crippen molar-refractivity contribution in [3.63, 3.8) is 0 Å². The number of aliphatic imine (C=N–C) groups is 1. The molecule has 0 saturated carbocycles. The van der Waals surface area contributed by atoms with Crippen molar-refractivity contribution >= 4 is 39.6 Å². The highest BCUT2D eigenvalue weighted by atomic mass is 32.1. The molecule has 0 aliphatic carbocycles. The number of allylic oxidation sites excluding steroid dienone is 2. The van der Waals surface area contributed by atoms with Crippen molar-refractivity contribution in [3.8, 4) is 0 Å². The summed E-state index contributed by atoms with van der Waals surface area (Å²) in [4.78, 5) is 28.5. The van der Waals surface area contributed by atoms with Crippen LogP contribution in [0.4, 0.5) is 5.95 Å². The SMILES string of the molecule is C=C/C=C(\N=CC)C(C)Nc1nc(C(=O)N2CCCC2)c2scc(C)c2n1. The summed E-state index contributed by atoms with van der Waals surface area (Å²) in [5.41, 5.74) is 3.20. The minimum absolute atomic E-state index is 0.00844. The second-order valence-electron chi connectivity index (χ2n) is 6.57. The number of nitrogens with one attached hydrogen (secondary N) is 1. The predicted octanol–water partition coefficient (Wildman–Crippen LogP) is 4.20. The largest absolute Gasteiger partial charge is 0.346 e. The van der Waals surface area contributed by atoms with Crippen molar-refractivity contribution in [2.75, 3.05) is 18.4 Å². The molecule has 27 heavy (non-hydrogen) atoms. The Balaban J connectivity index is 1.98. The van der Waals surface area contributed by atoms with Gasteiger partial charge in [0, 0.05) is 19.3 Å². The van der Waals surface area contributed by atoms with E-state index in [1.165, 1.54) is 11.3 Å². The molecule has 1 N–H and O–H groups in total. The highest BCUT2D eigenvalue weighted by Gasteiger charge is 2.25. The van der Waals surface area contributed by atoms with Gasteiger partial charge in [0.25, 0.3) is 5.91 Å². The lowest BCUT2D eigenvalue weighted by atomic mass is 10.2. The van der Waals surface area contributed by atoms with Crippen molar-refractivity contribution in [2.24, 2.45) is 4.99 Å².